The molecule has 6 nitrogen and oxygen atoms in total. The van der Waals surface area contributed by atoms with Gasteiger partial charge in [0.25, 0.3) is 0 Å². The van der Waals surface area contributed by atoms with Gasteiger partial charge in [0, 0.05) is 31.9 Å². The summed E-state index contributed by atoms with van der Waals surface area (Å²) in [6.07, 6.45) is 20.8. The zero-order chi connectivity index (χ0) is 24.4. The van der Waals surface area contributed by atoms with Crippen molar-refractivity contribution >= 4 is 24.2 Å². The number of likely N-dealkylation sites (tertiary alicyclic amines) is 1. The maximum atomic E-state index is 13.0. The molecule has 200 valence electrons. The van der Waals surface area contributed by atoms with Gasteiger partial charge in [-0.05, 0) is 37.0 Å². The van der Waals surface area contributed by atoms with Crippen LogP contribution in [0, 0.1) is 0 Å². The van der Waals surface area contributed by atoms with Crippen molar-refractivity contribution in [1.82, 2.24) is 15.2 Å². The second-order valence-electron chi connectivity index (χ2n) is 9.80. The molecule has 1 aromatic heterocycles. The van der Waals surface area contributed by atoms with Gasteiger partial charge in [0.2, 0.25) is 11.8 Å². The molecule has 0 unspecified atom stereocenters. The molecule has 1 fully saturated rings. The number of aliphatic hydroxyl groups is 1. The van der Waals surface area contributed by atoms with E-state index in [4.69, 9.17) is 0 Å². The molecule has 1 aliphatic rings. The van der Waals surface area contributed by atoms with E-state index < -0.39 is 12.1 Å². The van der Waals surface area contributed by atoms with Crippen LogP contribution in [0.1, 0.15) is 121 Å². The number of halogens is 1. The Bertz CT molecular complexity index is 683. The Kier molecular flexibility index (Phi) is 17.5. The minimum Gasteiger partial charge on any atom is -0.386 e. The van der Waals surface area contributed by atoms with Crippen LogP contribution in [0.25, 0.3) is 0 Å². The molecule has 0 saturated carbocycles. The number of unbranched alkanes of at least 4 members (excludes halogenated alkanes) is 12. The Morgan fingerprint density at radius 1 is 0.886 bits per heavy atom. The lowest BCUT2D eigenvalue weighted by Gasteiger charge is -2.28. The number of carbonyl (C=O) groups excluding carboxylic acids is 2. The van der Waals surface area contributed by atoms with Crippen molar-refractivity contribution in [3.05, 3.63) is 30.1 Å². The molecule has 0 spiro atoms. The summed E-state index contributed by atoms with van der Waals surface area (Å²) in [4.78, 5) is 31.4. The molecule has 0 aliphatic carbocycles. The van der Waals surface area contributed by atoms with Crippen LogP contribution in [0.3, 0.4) is 0 Å². The van der Waals surface area contributed by atoms with Gasteiger partial charge in [0.1, 0.15) is 12.1 Å². The normalized spacial score (nSPS) is 14.9. The fraction of sp³-hybridized carbons (Fsp3) is 0.750. The van der Waals surface area contributed by atoms with Crippen molar-refractivity contribution in [3.63, 3.8) is 0 Å². The summed E-state index contributed by atoms with van der Waals surface area (Å²) in [7, 11) is 0. The highest BCUT2D eigenvalue weighted by Crippen LogP contribution is 2.20. The fourth-order valence-electron chi connectivity index (χ4n) is 4.71. The van der Waals surface area contributed by atoms with Crippen LogP contribution in [0.5, 0.6) is 0 Å². The lowest BCUT2D eigenvalue weighted by atomic mass is 10.0. The predicted molar refractivity (Wildman–Crippen MR) is 145 cm³/mol. The third-order valence-electron chi connectivity index (χ3n) is 6.87. The van der Waals surface area contributed by atoms with Crippen molar-refractivity contribution in [1.29, 1.82) is 0 Å². The lowest BCUT2D eigenvalue weighted by Crippen LogP contribution is -2.51. The second kappa shape index (κ2) is 19.5. The molecule has 2 heterocycles. The SMILES string of the molecule is CCCCCCCCCCCCCCCC(=O)N[C@@H](C(=O)N1CCCC1)[C@@H](O)c1ccncc1.Cl. The molecule has 0 bridgehead atoms. The number of carbonyl (C=O) groups is 2. The van der Waals surface area contributed by atoms with Crippen LogP contribution in [0.15, 0.2) is 24.5 Å². The van der Waals surface area contributed by atoms with Crippen LogP contribution in [0.4, 0.5) is 0 Å². The van der Waals surface area contributed by atoms with E-state index >= 15 is 0 Å². The van der Waals surface area contributed by atoms with E-state index in [1.165, 1.54) is 64.2 Å². The number of pyridine rings is 1. The number of rotatable bonds is 18. The van der Waals surface area contributed by atoms with Gasteiger partial charge in [0.15, 0.2) is 0 Å². The van der Waals surface area contributed by atoms with E-state index in [9.17, 15) is 14.7 Å². The Hall–Kier alpha value is -1.66. The first-order chi connectivity index (χ1) is 16.6. The zero-order valence-electron chi connectivity index (χ0n) is 21.8. The van der Waals surface area contributed by atoms with E-state index in [-0.39, 0.29) is 24.2 Å². The number of hydrogen-bond donors (Lipinski definition) is 2. The molecular formula is C28H48ClN3O3. The van der Waals surface area contributed by atoms with E-state index in [2.05, 4.69) is 17.2 Å². The highest BCUT2D eigenvalue weighted by atomic mass is 35.5. The molecule has 1 saturated heterocycles. The third kappa shape index (κ3) is 12.7. The summed E-state index contributed by atoms with van der Waals surface area (Å²) in [6, 6.07) is 2.43. The standard InChI is InChI=1S/C28H47N3O3.ClH/c1-2-3-4-5-6-7-8-9-10-11-12-13-14-17-25(32)30-26(28(34)31-22-15-16-23-31)27(33)24-18-20-29-21-19-24;/h18-21,26-27,33H,2-17,22-23H2,1H3,(H,30,32);1H/t26-,27+;/m1./s1. The average molecular weight is 510 g/mol. The van der Waals surface area contributed by atoms with Crippen LogP contribution < -0.4 is 5.32 Å². The third-order valence-corrected chi connectivity index (χ3v) is 6.87. The number of hydrogen-bond acceptors (Lipinski definition) is 4. The first-order valence-corrected chi connectivity index (χ1v) is 13.8. The van der Waals surface area contributed by atoms with Crippen molar-refractivity contribution in [2.24, 2.45) is 0 Å². The Morgan fingerprint density at radius 3 is 1.89 bits per heavy atom. The van der Waals surface area contributed by atoms with E-state index in [0.717, 1.165) is 32.1 Å². The maximum absolute atomic E-state index is 13.0. The monoisotopic (exact) mass is 509 g/mol. The zero-order valence-corrected chi connectivity index (χ0v) is 22.6. The van der Waals surface area contributed by atoms with Crippen molar-refractivity contribution in [2.45, 2.75) is 122 Å². The first-order valence-electron chi connectivity index (χ1n) is 13.8. The molecule has 7 heteroatoms. The van der Waals surface area contributed by atoms with Crippen LogP contribution in [-0.4, -0.2) is 45.9 Å². The summed E-state index contributed by atoms with van der Waals surface area (Å²) < 4.78 is 0. The number of nitrogens with one attached hydrogen (secondary N) is 1. The highest BCUT2D eigenvalue weighted by Gasteiger charge is 2.33. The Balaban J connectivity index is 0.00000612. The molecule has 35 heavy (non-hydrogen) atoms. The quantitative estimate of drug-likeness (QED) is 0.233. The average Bonchev–Trinajstić information content (AvgIpc) is 3.40. The molecule has 2 atom stereocenters. The number of nitrogens with zero attached hydrogens (tertiary/aromatic N) is 2. The van der Waals surface area contributed by atoms with Crippen molar-refractivity contribution < 1.29 is 14.7 Å². The first kappa shape index (κ1) is 31.4. The van der Waals surface area contributed by atoms with Crippen LogP contribution in [-0.2, 0) is 9.59 Å². The summed E-state index contributed by atoms with van der Waals surface area (Å²) in [5.41, 5.74) is 0.591. The molecule has 2 N–H and O–H groups in total. The predicted octanol–water partition coefficient (Wildman–Crippen LogP) is 6.13. The number of amides is 2. The number of aliphatic hydroxyl groups excluding tert-OH is 1. The summed E-state index contributed by atoms with van der Waals surface area (Å²) in [6.45, 7) is 3.63. The smallest absolute Gasteiger partial charge is 0.248 e. The molecule has 2 rings (SSSR count). The van der Waals surface area contributed by atoms with E-state index in [0.29, 0.717) is 25.1 Å². The molecule has 0 aromatic carbocycles. The van der Waals surface area contributed by atoms with Crippen LogP contribution >= 0.6 is 12.4 Å². The van der Waals surface area contributed by atoms with Crippen molar-refractivity contribution in [2.75, 3.05) is 13.1 Å². The second-order valence-corrected chi connectivity index (χ2v) is 9.80. The van der Waals surface area contributed by atoms with Gasteiger partial charge >= 0.3 is 0 Å². The minimum atomic E-state index is -1.08. The summed E-state index contributed by atoms with van der Waals surface area (Å²) in [5.74, 6) is -0.353. The molecule has 0 radical (unpaired) electrons. The van der Waals surface area contributed by atoms with Gasteiger partial charge in [0.05, 0.1) is 0 Å². The molecule has 1 aliphatic heterocycles. The van der Waals surface area contributed by atoms with Gasteiger partial charge in [-0.25, -0.2) is 0 Å². The van der Waals surface area contributed by atoms with Gasteiger partial charge < -0.3 is 15.3 Å². The summed E-state index contributed by atoms with van der Waals surface area (Å²) in [5, 5.41) is 13.7. The largest absolute Gasteiger partial charge is 0.386 e. The minimum absolute atomic E-state index is 0. The Morgan fingerprint density at radius 2 is 1.37 bits per heavy atom. The summed E-state index contributed by atoms with van der Waals surface area (Å²) >= 11 is 0. The topological polar surface area (TPSA) is 82.5 Å². The highest BCUT2D eigenvalue weighted by molar-refractivity contribution is 5.88. The molecule has 1 aromatic rings. The van der Waals surface area contributed by atoms with Crippen LogP contribution in [0.2, 0.25) is 0 Å². The maximum Gasteiger partial charge on any atom is 0.248 e. The van der Waals surface area contributed by atoms with Gasteiger partial charge in [-0.1, -0.05) is 84.0 Å². The lowest BCUT2D eigenvalue weighted by molar-refractivity contribution is -0.139. The van der Waals surface area contributed by atoms with Crippen molar-refractivity contribution in [3.8, 4) is 0 Å². The Labute approximate surface area is 219 Å². The van der Waals surface area contributed by atoms with Gasteiger partial charge in [-0.15, -0.1) is 12.4 Å². The molecule has 2 amide bonds. The van der Waals surface area contributed by atoms with E-state index in [1.54, 1.807) is 29.4 Å². The fourth-order valence-corrected chi connectivity index (χ4v) is 4.71. The van der Waals surface area contributed by atoms with E-state index in [1.807, 2.05) is 0 Å². The van der Waals surface area contributed by atoms with Gasteiger partial charge in [-0.3, -0.25) is 14.6 Å². The molecular weight excluding hydrogens is 462 g/mol. The number of aromatic nitrogens is 1. The van der Waals surface area contributed by atoms with Gasteiger partial charge in [-0.2, -0.15) is 0 Å².